The second-order valence-corrected chi connectivity index (χ2v) is 9.46. The van der Waals surface area contributed by atoms with Gasteiger partial charge in [-0.15, -0.1) is 9.24 Å². The van der Waals surface area contributed by atoms with E-state index in [1.165, 1.54) is 11.6 Å². The normalized spacial score (nSPS) is 16.1. The van der Waals surface area contributed by atoms with E-state index in [0.717, 1.165) is 24.8 Å². The van der Waals surface area contributed by atoms with Gasteiger partial charge < -0.3 is 4.74 Å². The summed E-state index contributed by atoms with van der Waals surface area (Å²) >= 11 is 0. The highest BCUT2D eigenvalue weighted by Crippen LogP contribution is 2.34. The van der Waals surface area contributed by atoms with Gasteiger partial charge in [0, 0.05) is 16.7 Å². The van der Waals surface area contributed by atoms with Gasteiger partial charge in [-0.05, 0) is 60.2 Å². The maximum Gasteiger partial charge on any atom is 0.167 e. The quantitative estimate of drug-likeness (QED) is 0.188. The molecular formula is C29H28F3OP. The molecule has 0 aliphatic heterocycles. The summed E-state index contributed by atoms with van der Waals surface area (Å²) in [6, 6.07) is 15.3. The van der Waals surface area contributed by atoms with Crippen LogP contribution >= 0.6 is 9.24 Å². The molecule has 176 valence electrons. The number of allylic oxidation sites excluding steroid dienone is 3. The summed E-state index contributed by atoms with van der Waals surface area (Å²) in [7, 11) is 2.85. The Balaban J connectivity index is 1.53. The minimum atomic E-state index is -0.913. The Morgan fingerprint density at radius 1 is 0.912 bits per heavy atom. The SMILES string of the molecule is C/C=C\COCc1ccc(-c2ccc(-c3ccc(C4=CCC(P)CC4)cc3F)cc2)c(F)c1F. The topological polar surface area (TPSA) is 9.23 Å². The Bertz CT molecular complexity index is 1210. The molecule has 3 aromatic rings. The molecule has 2 unspecified atom stereocenters. The molecule has 0 spiro atoms. The minimum Gasteiger partial charge on any atom is -0.373 e. The standard InChI is InChI=1S/C29H28F3OP/c1-2-3-16-33-18-23-11-15-26(29(32)28(23)31)21-6-4-20(5-7-21)25-14-10-22(17-27(25)30)19-8-12-24(34)13-9-19/h2-8,10-11,14-15,17,24H,9,12-13,16,18,34H2,1H3/b3-2-. The first-order valence-corrected chi connectivity index (χ1v) is 12.2. The summed E-state index contributed by atoms with van der Waals surface area (Å²) in [4.78, 5) is 0. The molecular weight excluding hydrogens is 452 g/mol. The highest BCUT2D eigenvalue weighted by molar-refractivity contribution is 7.17. The van der Waals surface area contributed by atoms with E-state index >= 15 is 0 Å². The predicted octanol–water partition coefficient (Wildman–Crippen LogP) is 8.34. The average molecular weight is 481 g/mol. The number of halogens is 3. The first kappa shape index (κ1) is 24.4. The maximum absolute atomic E-state index is 14.9. The molecule has 2 atom stereocenters. The van der Waals surface area contributed by atoms with E-state index in [4.69, 9.17) is 4.74 Å². The second-order valence-electron chi connectivity index (χ2n) is 8.52. The molecule has 0 heterocycles. The first-order valence-electron chi connectivity index (χ1n) is 11.5. The number of hydrogen-bond acceptors (Lipinski definition) is 1. The van der Waals surface area contributed by atoms with Crippen LogP contribution in [-0.4, -0.2) is 12.3 Å². The molecule has 1 nitrogen and oxygen atoms in total. The zero-order chi connectivity index (χ0) is 24.1. The molecule has 0 bridgehead atoms. The van der Waals surface area contributed by atoms with Gasteiger partial charge in [0.15, 0.2) is 11.6 Å². The summed E-state index contributed by atoms with van der Waals surface area (Å²) in [5, 5.41) is 0. The molecule has 1 aliphatic carbocycles. The van der Waals surface area contributed by atoms with E-state index in [-0.39, 0.29) is 23.6 Å². The molecule has 1 aliphatic rings. The van der Waals surface area contributed by atoms with E-state index < -0.39 is 11.6 Å². The van der Waals surface area contributed by atoms with Gasteiger partial charge in [-0.1, -0.05) is 66.8 Å². The second kappa shape index (κ2) is 11.2. The molecule has 0 saturated heterocycles. The van der Waals surface area contributed by atoms with Gasteiger partial charge in [0.1, 0.15) is 5.82 Å². The van der Waals surface area contributed by atoms with Crippen molar-refractivity contribution in [3.05, 3.63) is 101 Å². The molecule has 5 heteroatoms. The van der Waals surface area contributed by atoms with Crippen molar-refractivity contribution >= 4 is 14.8 Å². The first-order chi connectivity index (χ1) is 16.5. The molecule has 0 fully saturated rings. The lowest BCUT2D eigenvalue weighted by Gasteiger charge is -2.18. The van der Waals surface area contributed by atoms with Gasteiger partial charge in [0.05, 0.1) is 13.2 Å². The summed E-state index contributed by atoms with van der Waals surface area (Å²) < 4.78 is 49.6. The van der Waals surface area contributed by atoms with Gasteiger partial charge in [-0.2, -0.15) is 0 Å². The van der Waals surface area contributed by atoms with Crippen LogP contribution in [0.15, 0.2) is 72.8 Å². The van der Waals surface area contributed by atoms with E-state index in [1.807, 2.05) is 19.1 Å². The van der Waals surface area contributed by atoms with E-state index in [2.05, 4.69) is 15.3 Å². The third kappa shape index (κ3) is 5.51. The molecule has 4 rings (SSSR count). The molecule has 0 aromatic heterocycles. The lowest BCUT2D eigenvalue weighted by atomic mass is 9.91. The van der Waals surface area contributed by atoms with Crippen LogP contribution in [0, 0.1) is 17.5 Å². The smallest absolute Gasteiger partial charge is 0.167 e. The molecule has 3 aromatic carbocycles. The van der Waals surface area contributed by atoms with Crippen molar-refractivity contribution in [2.24, 2.45) is 0 Å². The fourth-order valence-corrected chi connectivity index (χ4v) is 4.45. The summed E-state index contributed by atoms with van der Waals surface area (Å²) in [5.74, 6) is -2.11. The lowest BCUT2D eigenvalue weighted by molar-refractivity contribution is 0.145. The molecule has 0 N–H and O–H groups in total. The minimum absolute atomic E-state index is 0.00350. The van der Waals surface area contributed by atoms with Crippen molar-refractivity contribution in [1.29, 1.82) is 0 Å². The average Bonchev–Trinajstić information content (AvgIpc) is 2.85. The van der Waals surface area contributed by atoms with Crippen molar-refractivity contribution in [3.63, 3.8) is 0 Å². The van der Waals surface area contributed by atoms with Crippen LogP contribution < -0.4 is 0 Å². The molecule has 0 radical (unpaired) electrons. The Hall–Kier alpha value is -2.68. The fourth-order valence-electron chi connectivity index (χ4n) is 4.15. The van der Waals surface area contributed by atoms with Crippen LogP contribution in [0.25, 0.3) is 27.8 Å². The largest absolute Gasteiger partial charge is 0.373 e. The van der Waals surface area contributed by atoms with Gasteiger partial charge in [0.25, 0.3) is 0 Å². The monoisotopic (exact) mass is 480 g/mol. The van der Waals surface area contributed by atoms with Crippen LogP contribution in [-0.2, 0) is 11.3 Å². The Kier molecular flexibility index (Phi) is 8.03. The van der Waals surface area contributed by atoms with Crippen LogP contribution in [0.5, 0.6) is 0 Å². The fraction of sp³-hybridized carbons (Fsp3) is 0.241. The van der Waals surface area contributed by atoms with Crippen molar-refractivity contribution in [3.8, 4) is 22.3 Å². The van der Waals surface area contributed by atoms with Gasteiger partial charge in [-0.3, -0.25) is 0 Å². The van der Waals surface area contributed by atoms with Gasteiger partial charge in [-0.25, -0.2) is 13.2 Å². The highest BCUT2D eigenvalue weighted by atomic mass is 31.0. The summed E-state index contributed by atoms with van der Waals surface area (Å²) in [5.41, 5.74) is 4.73. The number of ether oxygens (including phenoxy) is 1. The maximum atomic E-state index is 14.9. The van der Waals surface area contributed by atoms with Crippen LogP contribution in [0.4, 0.5) is 13.2 Å². The van der Waals surface area contributed by atoms with Gasteiger partial charge in [0.2, 0.25) is 0 Å². The van der Waals surface area contributed by atoms with Crippen LogP contribution in [0.2, 0.25) is 0 Å². The van der Waals surface area contributed by atoms with E-state index in [9.17, 15) is 13.2 Å². The number of rotatable bonds is 7. The van der Waals surface area contributed by atoms with Crippen molar-refractivity contribution in [2.45, 2.75) is 38.5 Å². The number of benzene rings is 3. The van der Waals surface area contributed by atoms with E-state index in [1.54, 1.807) is 48.5 Å². The molecule has 0 saturated carbocycles. The predicted molar refractivity (Wildman–Crippen MR) is 137 cm³/mol. The Morgan fingerprint density at radius 2 is 1.59 bits per heavy atom. The van der Waals surface area contributed by atoms with Crippen molar-refractivity contribution in [2.75, 3.05) is 6.61 Å². The van der Waals surface area contributed by atoms with Gasteiger partial charge >= 0.3 is 0 Å². The van der Waals surface area contributed by atoms with E-state index in [0.29, 0.717) is 29.0 Å². The summed E-state index contributed by atoms with van der Waals surface area (Å²) in [6.07, 6.45) is 8.85. The third-order valence-electron chi connectivity index (χ3n) is 6.17. The Morgan fingerprint density at radius 3 is 2.24 bits per heavy atom. The number of hydrogen-bond donors (Lipinski definition) is 0. The highest BCUT2D eigenvalue weighted by Gasteiger charge is 2.16. The zero-order valence-corrected chi connectivity index (χ0v) is 20.3. The molecule has 0 amide bonds. The van der Waals surface area contributed by atoms with Crippen LogP contribution in [0.1, 0.15) is 37.3 Å². The van der Waals surface area contributed by atoms with Crippen molar-refractivity contribution in [1.82, 2.24) is 0 Å². The Labute approximate surface area is 201 Å². The zero-order valence-electron chi connectivity index (χ0n) is 19.2. The third-order valence-corrected chi connectivity index (χ3v) is 6.77. The summed E-state index contributed by atoms with van der Waals surface area (Å²) in [6.45, 7) is 2.20. The van der Waals surface area contributed by atoms with Crippen LogP contribution in [0.3, 0.4) is 0 Å². The lowest BCUT2D eigenvalue weighted by Crippen LogP contribution is -2.03. The van der Waals surface area contributed by atoms with Crippen molar-refractivity contribution < 1.29 is 17.9 Å². The molecule has 34 heavy (non-hydrogen) atoms.